The molecular formula is C75H146O17P2. The summed E-state index contributed by atoms with van der Waals surface area (Å²) in [6.45, 7) is 9.50. The number of hydrogen-bond acceptors (Lipinski definition) is 15. The summed E-state index contributed by atoms with van der Waals surface area (Å²) in [5.41, 5.74) is 0. The van der Waals surface area contributed by atoms with E-state index in [0.29, 0.717) is 25.7 Å². The summed E-state index contributed by atoms with van der Waals surface area (Å²) in [6.07, 6.45) is 54.4. The van der Waals surface area contributed by atoms with E-state index in [2.05, 4.69) is 41.5 Å². The molecule has 0 aromatic rings. The first-order valence-corrected chi connectivity index (χ1v) is 42.0. The molecule has 558 valence electrons. The van der Waals surface area contributed by atoms with Gasteiger partial charge in [-0.25, -0.2) is 9.13 Å². The zero-order chi connectivity index (χ0) is 69.3. The van der Waals surface area contributed by atoms with Crippen LogP contribution in [0.4, 0.5) is 0 Å². The van der Waals surface area contributed by atoms with Gasteiger partial charge in [0.25, 0.3) is 0 Å². The van der Waals surface area contributed by atoms with Crippen molar-refractivity contribution in [3.8, 4) is 0 Å². The number of aliphatic hydroxyl groups excluding tert-OH is 1. The van der Waals surface area contributed by atoms with Crippen molar-refractivity contribution in [2.24, 2.45) is 11.8 Å². The summed E-state index contributed by atoms with van der Waals surface area (Å²) in [5, 5.41) is 10.6. The van der Waals surface area contributed by atoms with E-state index in [1.807, 2.05) is 0 Å². The second kappa shape index (κ2) is 66.9. The molecule has 0 saturated carbocycles. The Morgan fingerprint density at radius 1 is 0.309 bits per heavy atom. The predicted octanol–water partition coefficient (Wildman–Crippen LogP) is 21.9. The van der Waals surface area contributed by atoms with Gasteiger partial charge in [-0.15, -0.1) is 0 Å². The van der Waals surface area contributed by atoms with Crippen LogP contribution >= 0.6 is 15.6 Å². The van der Waals surface area contributed by atoms with Crippen molar-refractivity contribution in [2.45, 2.75) is 407 Å². The lowest BCUT2D eigenvalue weighted by molar-refractivity contribution is -0.161. The predicted molar refractivity (Wildman–Crippen MR) is 381 cm³/mol. The highest BCUT2D eigenvalue weighted by Crippen LogP contribution is 2.45. The van der Waals surface area contributed by atoms with E-state index in [9.17, 15) is 43.2 Å². The molecule has 0 aliphatic heterocycles. The van der Waals surface area contributed by atoms with Gasteiger partial charge in [0.05, 0.1) is 26.4 Å². The highest BCUT2D eigenvalue weighted by Gasteiger charge is 2.30. The largest absolute Gasteiger partial charge is 0.472 e. The summed E-state index contributed by atoms with van der Waals surface area (Å²) in [5.74, 6) is -0.659. The van der Waals surface area contributed by atoms with E-state index in [1.165, 1.54) is 205 Å². The van der Waals surface area contributed by atoms with Crippen molar-refractivity contribution in [1.82, 2.24) is 0 Å². The molecule has 0 amide bonds. The molecule has 0 rings (SSSR count). The van der Waals surface area contributed by atoms with Crippen LogP contribution < -0.4 is 0 Å². The van der Waals surface area contributed by atoms with Gasteiger partial charge >= 0.3 is 39.5 Å². The van der Waals surface area contributed by atoms with Crippen LogP contribution in [0.5, 0.6) is 0 Å². The van der Waals surface area contributed by atoms with Crippen molar-refractivity contribution in [3.05, 3.63) is 0 Å². The smallest absolute Gasteiger partial charge is 0.462 e. The van der Waals surface area contributed by atoms with Gasteiger partial charge in [0.15, 0.2) is 12.2 Å². The van der Waals surface area contributed by atoms with Crippen LogP contribution in [0, 0.1) is 11.8 Å². The zero-order valence-corrected chi connectivity index (χ0v) is 63.1. The van der Waals surface area contributed by atoms with Crippen LogP contribution in [0.1, 0.15) is 388 Å². The third-order valence-corrected chi connectivity index (χ3v) is 19.7. The average Bonchev–Trinajstić information content (AvgIpc) is 1.48. The van der Waals surface area contributed by atoms with Gasteiger partial charge in [0, 0.05) is 25.7 Å². The summed E-state index contributed by atoms with van der Waals surface area (Å²) in [7, 11) is -9.91. The topological polar surface area (TPSA) is 237 Å². The monoisotopic (exact) mass is 1380 g/mol. The molecule has 0 fully saturated rings. The van der Waals surface area contributed by atoms with Crippen LogP contribution in [0.15, 0.2) is 0 Å². The Morgan fingerprint density at radius 2 is 0.543 bits per heavy atom. The second-order valence-corrected chi connectivity index (χ2v) is 30.7. The molecule has 94 heavy (non-hydrogen) atoms. The number of hydrogen-bond donors (Lipinski definition) is 3. The third kappa shape index (κ3) is 67.3. The van der Waals surface area contributed by atoms with Gasteiger partial charge in [-0.1, -0.05) is 337 Å². The molecule has 0 aliphatic rings. The van der Waals surface area contributed by atoms with Gasteiger partial charge in [-0.2, -0.15) is 0 Å². The number of unbranched alkanes of at least 4 members (excludes halogenated alkanes) is 43. The lowest BCUT2D eigenvalue weighted by atomic mass is 10.00. The van der Waals surface area contributed by atoms with Crippen LogP contribution in [0.3, 0.4) is 0 Å². The molecule has 3 unspecified atom stereocenters. The Balaban J connectivity index is 5.16. The van der Waals surface area contributed by atoms with Gasteiger partial charge in [-0.3, -0.25) is 37.3 Å². The Bertz CT molecular complexity index is 1820. The fourth-order valence-electron chi connectivity index (χ4n) is 11.4. The molecule has 0 saturated heterocycles. The maximum atomic E-state index is 13.1. The number of aliphatic hydroxyl groups is 1. The highest BCUT2D eigenvalue weighted by molar-refractivity contribution is 7.47. The van der Waals surface area contributed by atoms with Crippen molar-refractivity contribution >= 4 is 39.5 Å². The van der Waals surface area contributed by atoms with Crippen molar-refractivity contribution < 1.29 is 80.2 Å². The Labute approximate surface area is 575 Å². The number of ether oxygens (including phenoxy) is 4. The molecule has 0 bridgehead atoms. The molecule has 17 nitrogen and oxygen atoms in total. The number of phosphoric acid groups is 2. The minimum atomic E-state index is -4.96. The Hall–Kier alpha value is -1.94. The highest BCUT2D eigenvalue weighted by atomic mass is 31.2. The summed E-state index contributed by atoms with van der Waals surface area (Å²) in [4.78, 5) is 72.6. The van der Waals surface area contributed by atoms with Crippen molar-refractivity contribution in [2.75, 3.05) is 39.6 Å². The van der Waals surface area contributed by atoms with E-state index < -0.39 is 97.5 Å². The molecule has 3 N–H and O–H groups in total. The van der Waals surface area contributed by atoms with E-state index in [0.717, 1.165) is 102 Å². The quantitative estimate of drug-likeness (QED) is 0.0222. The van der Waals surface area contributed by atoms with Crippen molar-refractivity contribution in [1.29, 1.82) is 0 Å². The van der Waals surface area contributed by atoms with Gasteiger partial charge in [0.1, 0.15) is 19.3 Å². The molecule has 19 heteroatoms. The molecular weight excluding hydrogens is 1230 g/mol. The summed E-state index contributed by atoms with van der Waals surface area (Å²) in [6, 6.07) is 0. The first-order chi connectivity index (χ1) is 45.4. The minimum absolute atomic E-state index is 0.103. The lowest BCUT2D eigenvalue weighted by Gasteiger charge is -2.21. The van der Waals surface area contributed by atoms with Gasteiger partial charge in [-0.05, 0) is 37.5 Å². The third-order valence-electron chi connectivity index (χ3n) is 17.8. The summed E-state index contributed by atoms with van der Waals surface area (Å²) < 4.78 is 68.4. The van der Waals surface area contributed by atoms with E-state index >= 15 is 0 Å². The number of phosphoric ester groups is 2. The van der Waals surface area contributed by atoms with Gasteiger partial charge < -0.3 is 33.8 Å². The van der Waals surface area contributed by atoms with Crippen LogP contribution in [-0.2, 0) is 65.4 Å². The number of carbonyl (C=O) groups excluding carboxylic acids is 4. The SMILES string of the molecule is CCCCCCCCCCCCCCCCCCCCCCCCC(=O)O[C@H](COC(=O)CCCCCCCCCCCC(C)C)COP(=O)(O)OC[C@@H](O)COP(=O)(O)OC[C@@H](COC(=O)CCCCCCCCCCCC)OC(=O)CCCCCCCCC(C)CC. The first-order valence-electron chi connectivity index (χ1n) is 39.0. The first kappa shape index (κ1) is 92.1. The lowest BCUT2D eigenvalue weighted by Crippen LogP contribution is -2.30. The van der Waals surface area contributed by atoms with Crippen LogP contribution in [-0.4, -0.2) is 96.7 Å². The molecule has 0 aromatic carbocycles. The maximum Gasteiger partial charge on any atom is 0.472 e. The average molecular weight is 1380 g/mol. The normalized spacial score (nSPS) is 14.3. The fourth-order valence-corrected chi connectivity index (χ4v) is 13.0. The minimum Gasteiger partial charge on any atom is -0.462 e. The molecule has 0 spiro atoms. The number of carbonyl (C=O) groups is 4. The van der Waals surface area contributed by atoms with E-state index in [4.69, 9.17) is 37.0 Å². The van der Waals surface area contributed by atoms with E-state index in [-0.39, 0.29) is 25.7 Å². The fraction of sp³-hybridized carbons (Fsp3) is 0.947. The van der Waals surface area contributed by atoms with Crippen LogP contribution in [0.25, 0.3) is 0 Å². The Morgan fingerprint density at radius 3 is 0.809 bits per heavy atom. The number of esters is 4. The maximum absolute atomic E-state index is 13.1. The van der Waals surface area contributed by atoms with Gasteiger partial charge in [0.2, 0.25) is 0 Å². The summed E-state index contributed by atoms with van der Waals surface area (Å²) >= 11 is 0. The molecule has 0 radical (unpaired) electrons. The number of rotatable bonds is 74. The van der Waals surface area contributed by atoms with Crippen molar-refractivity contribution in [3.63, 3.8) is 0 Å². The zero-order valence-electron chi connectivity index (χ0n) is 61.3. The Kier molecular flexibility index (Phi) is 65.5. The molecule has 0 heterocycles. The van der Waals surface area contributed by atoms with Crippen LogP contribution in [0.2, 0.25) is 0 Å². The molecule has 6 atom stereocenters. The molecule has 0 aliphatic carbocycles. The second-order valence-electron chi connectivity index (χ2n) is 27.8. The standard InChI is InChI=1S/C75H146O17P2/c1-7-10-12-14-16-18-20-21-22-23-24-25-26-27-28-29-30-31-35-40-47-53-59-74(79)91-70(63-85-73(78)58-52-46-39-36-32-33-37-43-49-55-67(4)5)65-89-93(81,82)87-61-69(76)62-88-94(83,84)90-66-71(92-75(80)60-54-48-42-41-44-50-56-68(6)9-3)64-86-72(77)57-51-45-38-34-19-17-15-13-11-8-2/h67-71,76H,7-66H2,1-6H3,(H,81,82)(H,83,84)/t68?,69-,70-,71-/m1/s1. The van der Waals surface area contributed by atoms with E-state index in [1.54, 1.807) is 0 Å². The molecule has 0 aromatic heterocycles.